The van der Waals surface area contributed by atoms with Crippen LogP contribution in [0.4, 0.5) is 0 Å². The molecule has 0 spiro atoms. The average Bonchev–Trinajstić information content (AvgIpc) is 2.43. The first-order valence-electron chi connectivity index (χ1n) is 7.55. The number of rotatable bonds is 9. The van der Waals surface area contributed by atoms with Crippen molar-refractivity contribution in [2.45, 2.75) is 70.8 Å². The Hall–Kier alpha value is -0.960. The van der Waals surface area contributed by atoms with Gasteiger partial charge in [0.15, 0.2) is 0 Å². The third-order valence-corrected chi connectivity index (χ3v) is 4.03. The van der Waals surface area contributed by atoms with Crippen molar-refractivity contribution >= 4 is 12.6 Å². The summed E-state index contributed by atoms with van der Waals surface area (Å²) in [5.74, 6) is -0.596. The van der Waals surface area contributed by atoms with Crippen LogP contribution >= 0.6 is 0 Å². The van der Waals surface area contributed by atoms with E-state index in [4.69, 9.17) is 0 Å². The molecule has 1 aliphatic carbocycles. The number of aldehydes is 2. The van der Waals surface area contributed by atoms with Gasteiger partial charge in [-0.3, -0.25) is 4.79 Å². The molecule has 1 aliphatic rings. The largest absolute Gasteiger partial charge is 0.392 e. The zero-order valence-corrected chi connectivity index (χ0v) is 11.9. The minimum Gasteiger partial charge on any atom is -0.392 e. The van der Waals surface area contributed by atoms with Crippen molar-refractivity contribution in [3.63, 3.8) is 0 Å². The summed E-state index contributed by atoms with van der Waals surface area (Å²) in [6, 6.07) is 0. The lowest BCUT2D eigenvalue weighted by atomic mass is 9.80. The van der Waals surface area contributed by atoms with Crippen molar-refractivity contribution in [1.29, 1.82) is 0 Å². The van der Waals surface area contributed by atoms with Crippen molar-refractivity contribution in [3.8, 4) is 0 Å². The molecule has 0 aliphatic heterocycles. The molecule has 0 saturated carbocycles. The van der Waals surface area contributed by atoms with Crippen molar-refractivity contribution in [3.05, 3.63) is 11.1 Å². The van der Waals surface area contributed by atoms with Crippen LogP contribution in [0, 0.1) is 5.92 Å². The van der Waals surface area contributed by atoms with Crippen LogP contribution in [-0.2, 0) is 9.59 Å². The topological polar surface area (TPSA) is 54.4 Å². The van der Waals surface area contributed by atoms with E-state index in [0.717, 1.165) is 37.4 Å². The Kier molecular flexibility index (Phi) is 7.65. The van der Waals surface area contributed by atoms with Gasteiger partial charge in [0, 0.05) is 5.57 Å². The maximum atomic E-state index is 11.1. The van der Waals surface area contributed by atoms with E-state index in [1.807, 2.05) is 0 Å². The van der Waals surface area contributed by atoms with Crippen molar-refractivity contribution in [1.82, 2.24) is 0 Å². The van der Waals surface area contributed by atoms with Crippen LogP contribution in [0.1, 0.15) is 64.7 Å². The first-order valence-corrected chi connectivity index (χ1v) is 7.55. The fraction of sp³-hybridized carbons (Fsp3) is 0.750. The summed E-state index contributed by atoms with van der Waals surface area (Å²) in [5, 5.41) is 9.73. The summed E-state index contributed by atoms with van der Waals surface area (Å²) in [6.07, 6.45) is 10.4. The summed E-state index contributed by atoms with van der Waals surface area (Å²) in [5.41, 5.74) is 1.63. The highest BCUT2D eigenvalue weighted by molar-refractivity contribution is 5.83. The average molecular weight is 266 g/mol. The van der Waals surface area contributed by atoms with Gasteiger partial charge in [0.25, 0.3) is 0 Å². The summed E-state index contributed by atoms with van der Waals surface area (Å²) < 4.78 is 0. The lowest BCUT2D eigenvalue weighted by Gasteiger charge is -2.26. The standard InChI is InChI=1S/C16H26O3/c1-2-3-4-5-6-7-8-13-9-10-16(19)15(12-18)14(13)11-17/h11-12,15-16,19H,2-10H2,1H3/t15-,16-/m0/s1. The van der Waals surface area contributed by atoms with Crippen LogP contribution in [0.2, 0.25) is 0 Å². The lowest BCUT2D eigenvalue weighted by Crippen LogP contribution is -2.29. The van der Waals surface area contributed by atoms with E-state index < -0.39 is 12.0 Å². The second kappa shape index (κ2) is 9.03. The van der Waals surface area contributed by atoms with Crippen LogP contribution in [0.5, 0.6) is 0 Å². The Balaban J connectivity index is 2.45. The maximum Gasteiger partial charge on any atom is 0.146 e. The molecule has 2 atom stereocenters. The minimum atomic E-state index is -0.675. The highest BCUT2D eigenvalue weighted by Crippen LogP contribution is 2.31. The summed E-state index contributed by atoms with van der Waals surface area (Å²) in [7, 11) is 0. The van der Waals surface area contributed by atoms with Gasteiger partial charge in [0.1, 0.15) is 12.6 Å². The molecule has 3 nitrogen and oxygen atoms in total. The predicted molar refractivity (Wildman–Crippen MR) is 75.9 cm³/mol. The Morgan fingerprint density at radius 3 is 2.47 bits per heavy atom. The monoisotopic (exact) mass is 266 g/mol. The van der Waals surface area contributed by atoms with Crippen LogP contribution in [0.3, 0.4) is 0 Å². The van der Waals surface area contributed by atoms with Crippen molar-refractivity contribution < 1.29 is 14.7 Å². The molecule has 0 bridgehead atoms. The smallest absolute Gasteiger partial charge is 0.146 e. The van der Waals surface area contributed by atoms with Crippen LogP contribution in [0.15, 0.2) is 11.1 Å². The molecule has 1 rings (SSSR count). The molecular weight excluding hydrogens is 240 g/mol. The molecule has 0 heterocycles. The Bertz CT molecular complexity index is 320. The summed E-state index contributed by atoms with van der Waals surface area (Å²) in [6.45, 7) is 2.20. The SMILES string of the molecule is CCCCCCCCC1=C(C=O)[C@H](C=O)[C@@H](O)CC1. The molecule has 1 N–H and O–H groups in total. The highest BCUT2D eigenvalue weighted by atomic mass is 16.3. The molecule has 0 unspecified atom stereocenters. The predicted octanol–water partition coefficient (Wildman–Crippen LogP) is 3.20. The molecule has 19 heavy (non-hydrogen) atoms. The second-order valence-electron chi connectivity index (χ2n) is 5.46. The molecule has 0 aromatic heterocycles. The number of aliphatic hydroxyl groups is 1. The fourth-order valence-corrected chi connectivity index (χ4v) is 2.80. The van der Waals surface area contributed by atoms with Crippen LogP contribution < -0.4 is 0 Å². The lowest BCUT2D eigenvalue weighted by molar-refractivity contribution is -0.115. The van der Waals surface area contributed by atoms with Gasteiger partial charge in [0.05, 0.1) is 12.0 Å². The van der Waals surface area contributed by atoms with E-state index in [2.05, 4.69) is 6.92 Å². The molecular formula is C16H26O3. The van der Waals surface area contributed by atoms with Gasteiger partial charge in [-0.25, -0.2) is 0 Å². The zero-order valence-electron chi connectivity index (χ0n) is 11.9. The Labute approximate surface area is 116 Å². The molecule has 0 saturated heterocycles. The maximum absolute atomic E-state index is 11.1. The molecule has 0 aromatic rings. The van der Waals surface area contributed by atoms with E-state index in [1.54, 1.807) is 0 Å². The van der Waals surface area contributed by atoms with Gasteiger partial charge >= 0.3 is 0 Å². The van der Waals surface area contributed by atoms with E-state index in [1.165, 1.54) is 32.1 Å². The number of carbonyl (C=O) groups is 2. The fourth-order valence-electron chi connectivity index (χ4n) is 2.80. The number of carbonyl (C=O) groups excluding carboxylic acids is 2. The van der Waals surface area contributed by atoms with E-state index in [9.17, 15) is 14.7 Å². The third-order valence-electron chi connectivity index (χ3n) is 4.03. The minimum absolute atomic E-state index is 0.544. The quantitative estimate of drug-likeness (QED) is 0.515. The number of unbranched alkanes of at least 4 members (excludes halogenated alkanes) is 5. The number of hydrogen-bond donors (Lipinski definition) is 1. The zero-order chi connectivity index (χ0) is 14.1. The van der Waals surface area contributed by atoms with Crippen molar-refractivity contribution in [2.24, 2.45) is 5.92 Å². The molecule has 3 heteroatoms. The first-order chi connectivity index (χ1) is 9.24. The first kappa shape index (κ1) is 16.1. The van der Waals surface area contributed by atoms with E-state index in [-0.39, 0.29) is 0 Å². The third kappa shape index (κ3) is 4.90. The van der Waals surface area contributed by atoms with Gasteiger partial charge in [0.2, 0.25) is 0 Å². The van der Waals surface area contributed by atoms with Crippen LogP contribution in [0.25, 0.3) is 0 Å². The normalized spacial score (nSPS) is 23.5. The van der Waals surface area contributed by atoms with Gasteiger partial charge < -0.3 is 9.90 Å². The molecule has 0 aromatic carbocycles. The highest BCUT2D eigenvalue weighted by Gasteiger charge is 2.29. The molecule has 108 valence electrons. The number of allylic oxidation sites excluding steroid dienone is 1. The number of hydrogen-bond acceptors (Lipinski definition) is 3. The Morgan fingerprint density at radius 1 is 1.16 bits per heavy atom. The van der Waals surface area contributed by atoms with E-state index in [0.29, 0.717) is 12.0 Å². The second-order valence-corrected chi connectivity index (χ2v) is 5.46. The molecule has 0 fully saturated rings. The van der Waals surface area contributed by atoms with Gasteiger partial charge in [-0.05, 0) is 25.7 Å². The van der Waals surface area contributed by atoms with Gasteiger partial charge in [-0.15, -0.1) is 0 Å². The van der Waals surface area contributed by atoms with Gasteiger partial charge in [-0.2, -0.15) is 0 Å². The summed E-state index contributed by atoms with van der Waals surface area (Å²) >= 11 is 0. The molecule has 0 radical (unpaired) electrons. The Morgan fingerprint density at radius 2 is 1.84 bits per heavy atom. The summed E-state index contributed by atoms with van der Waals surface area (Å²) in [4.78, 5) is 22.1. The van der Waals surface area contributed by atoms with Crippen LogP contribution in [-0.4, -0.2) is 23.8 Å². The molecule has 0 amide bonds. The van der Waals surface area contributed by atoms with Gasteiger partial charge in [-0.1, -0.05) is 44.6 Å². The van der Waals surface area contributed by atoms with Crippen molar-refractivity contribution in [2.75, 3.05) is 0 Å². The number of aliphatic hydroxyl groups excluding tert-OH is 1. The van der Waals surface area contributed by atoms with E-state index >= 15 is 0 Å².